The molecule has 126 valence electrons. The number of aromatic nitrogens is 2. The summed E-state index contributed by atoms with van der Waals surface area (Å²) in [4.78, 5) is 10.4. The van der Waals surface area contributed by atoms with Crippen LogP contribution in [0.15, 0.2) is 42.9 Å². The third-order valence-corrected chi connectivity index (χ3v) is 4.86. The summed E-state index contributed by atoms with van der Waals surface area (Å²) in [5, 5.41) is 0. The molecule has 24 heavy (non-hydrogen) atoms. The second kappa shape index (κ2) is 6.45. The van der Waals surface area contributed by atoms with E-state index in [0.29, 0.717) is 6.61 Å². The van der Waals surface area contributed by atoms with Gasteiger partial charge in [-0.3, -0.25) is 9.88 Å². The number of hydrogen-bond donors (Lipinski definition) is 0. The number of hydrogen-bond acceptors (Lipinski definition) is 5. The van der Waals surface area contributed by atoms with Crippen LogP contribution in [0.2, 0.25) is 0 Å². The first kappa shape index (κ1) is 15.5. The number of ether oxygens (including phenoxy) is 2. The highest BCUT2D eigenvalue weighted by Gasteiger charge is 2.53. The molecule has 2 fully saturated rings. The highest BCUT2D eigenvalue weighted by Crippen LogP contribution is 2.40. The Kier molecular flexibility index (Phi) is 4.16. The van der Waals surface area contributed by atoms with E-state index in [4.69, 9.17) is 9.47 Å². The molecule has 1 atom stereocenters. The topological polar surface area (TPSA) is 47.5 Å². The lowest BCUT2D eigenvalue weighted by Gasteiger charge is -2.50. The van der Waals surface area contributed by atoms with Gasteiger partial charge in [0.15, 0.2) is 5.82 Å². The van der Waals surface area contributed by atoms with Gasteiger partial charge < -0.3 is 9.47 Å². The predicted molar refractivity (Wildman–Crippen MR) is 86.0 cm³/mol. The molecule has 0 N–H and O–H groups in total. The standard InChI is InChI=1S/C18H20FN3O2/c19-16-4-2-7-21-17(16)23-11-15-5-8-24-18(15)12-22(13-18)10-14-3-1-6-20-9-14/h1-4,6-7,9,15H,5,8,10-13H2/t15-/m0/s1. The molecular weight excluding hydrogens is 309 g/mol. The summed E-state index contributed by atoms with van der Waals surface area (Å²) >= 11 is 0. The summed E-state index contributed by atoms with van der Waals surface area (Å²) in [6.07, 6.45) is 6.16. The normalized spacial score (nSPS) is 22.5. The van der Waals surface area contributed by atoms with Gasteiger partial charge in [-0.25, -0.2) is 9.37 Å². The molecule has 0 unspecified atom stereocenters. The van der Waals surface area contributed by atoms with Gasteiger partial charge in [0, 0.05) is 50.7 Å². The Hall–Kier alpha value is -2.05. The smallest absolute Gasteiger partial charge is 0.250 e. The maximum Gasteiger partial charge on any atom is 0.250 e. The molecule has 2 aliphatic rings. The van der Waals surface area contributed by atoms with Crippen LogP contribution in [-0.2, 0) is 11.3 Å². The van der Waals surface area contributed by atoms with E-state index in [9.17, 15) is 4.39 Å². The van der Waals surface area contributed by atoms with Crippen molar-refractivity contribution in [1.29, 1.82) is 0 Å². The van der Waals surface area contributed by atoms with E-state index in [1.165, 1.54) is 17.8 Å². The number of halogens is 1. The first-order valence-corrected chi connectivity index (χ1v) is 8.24. The molecule has 6 heteroatoms. The zero-order valence-electron chi connectivity index (χ0n) is 13.4. The Morgan fingerprint density at radius 3 is 2.96 bits per heavy atom. The van der Waals surface area contributed by atoms with E-state index in [-0.39, 0.29) is 17.4 Å². The van der Waals surface area contributed by atoms with Gasteiger partial charge in [0.25, 0.3) is 0 Å². The largest absolute Gasteiger partial charge is 0.475 e. The Bertz CT molecular complexity index is 692. The molecular formula is C18H20FN3O2. The molecule has 0 saturated carbocycles. The van der Waals surface area contributed by atoms with Gasteiger partial charge in [0.1, 0.15) is 0 Å². The monoisotopic (exact) mass is 329 g/mol. The van der Waals surface area contributed by atoms with E-state index in [1.807, 2.05) is 12.3 Å². The molecule has 4 rings (SSSR count). The summed E-state index contributed by atoms with van der Waals surface area (Å²) in [5.74, 6) is -0.0765. The first-order valence-electron chi connectivity index (χ1n) is 8.24. The summed E-state index contributed by atoms with van der Waals surface area (Å²) in [6.45, 7) is 3.80. The van der Waals surface area contributed by atoms with Crippen molar-refractivity contribution in [1.82, 2.24) is 14.9 Å². The van der Waals surface area contributed by atoms with E-state index >= 15 is 0 Å². The molecule has 5 nitrogen and oxygen atoms in total. The number of rotatable bonds is 5. The average Bonchev–Trinajstić information content (AvgIpc) is 2.99. The lowest BCUT2D eigenvalue weighted by Crippen LogP contribution is -2.64. The molecule has 1 spiro atoms. The van der Waals surface area contributed by atoms with Crippen molar-refractivity contribution in [3.8, 4) is 5.88 Å². The fraction of sp³-hybridized carbons (Fsp3) is 0.444. The molecule has 2 aromatic rings. The predicted octanol–water partition coefficient (Wildman–Crippen LogP) is 2.29. The van der Waals surface area contributed by atoms with Crippen LogP contribution in [0.1, 0.15) is 12.0 Å². The van der Waals surface area contributed by atoms with Crippen molar-refractivity contribution in [2.75, 3.05) is 26.3 Å². The van der Waals surface area contributed by atoms with Gasteiger partial charge >= 0.3 is 0 Å². The summed E-state index contributed by atoms with van der Waals surface area (Å²) in [7, 11) is 0. The fourth-order valence-corrected chi connectivity index (χ4v) is 3.60. The van der Waals surface area contributed by atoms with Crippen molar-refractivity contribution in [2.45, 2.75) is 18.6 Å². The number of nitrogens with zero attached hydrogens (tertiary/aromatic N) is 3. The van der Waals surface area contributed by atoms with Crippen molar-refractivity contribution < 1.29 is 13.9 Å². The van der Waals surface area contributed by atoms with Gasteiger partial charge in [-0.15, -0.1) is 0 Å². The number of pyridine rings is 2. The third-order valence-electron chi connectivity index (χ3n) is 4.86. The average molecular weight is 329 g/mol. The fourth-order valence-electron chi connectivity index (χ4n) is 3.60. The van der Waals surface area contributed by atoms with Gasteiger partial charge in [-0.2, -0.15) is 0 Å². The Morgan fingerprint density at radius 1 is 1.29 bits per heavy atom. The maximum atomic E-state index is 13.6. The zero-order chi connectivity index (χ0) is 16.4. The van der Waals surface area contributed by atoms with Gasteiger partial charge in [-0.1, -0.05) is 6.07 Å². The van der Waals surface area contributed by atoms with E-state index in [1.54, 1.807) is 12.3 Å². The lowest BCUT2D eigenvalue weighted by molar-refractivity contribution is -0.140. The highest BCUT2D eigenvalue weighted by molar-refractivity contribution is 5.14. The minimum atomic E-state index is -0.419. The molecule has 0 radical (unpaired) electrons. The molecule has 0 bridgehead atoms. The quantitative estimate of drug-likeness (QED) is 0.842. The SMILES string of the molecule is Fc1cccnc1OC[C@@H]1CCOC12CN(Cc1cccnc1)C2. The summed E-state index contributed by atoms with van der Waals surface area (Å²) in [5.41, 5.74) is 1.04. The molecule has 0 amide bonds. The minimum absolute atomic E-state index is 0.0751. The molecule has 2 aromatic heterocycles. The van der Waals surface area contributed by atoms with E-state index < -0.39 is 5.82 Å². The van der Waals surface area contributed by atoms with E-state index in [0.717, 1.165) is 32.7 Å². The van der Waals surface area contributed by atoms with Crippen LogP contribution in [0.3, 0.4) is 0 Å². The van der Waals surface area contributed by atoms with Crippen LogP contribution in [0, 0.1) is 11.7 Å². The van der Waals surface area contributed by atoms with Gasteiger partial charge in [0.05, 0.1) is 12.2 Å². The molecule has 2 saturated heterocycles. The third kappa shape index (κ3) is 2.99. The van der Waals surface area contributed by atoms with Crippen LogP contribution < -0.4 is 4.74 Å². The lowest BCUT2D eigenvalue weighted by atomic mass is 9.81. The molecule has 0 aromatic carbocycles. The highest BCUT2D eigenvalue weighted by atomic mass is 19.1. The van der Waals surface area contributed by atoms with Crippen LogP contribution in [-0.4, -0.2) is 46.8 Å². The van der Waals surface area contributed by atoms with Crippen molar-refractivity contribution in [3.63, 3.8) is 0 Å². The molecule has 0 aliphatic carbocycles. The molecule has 2 aliphatic heterocycles. The van der Waals surface area contributed by atoms with E-state index in [2.05, 4.69) is 20.9 Å². The first-order chi connectivity index (χ1) is 11.8. The van der Waals surface area contributed by atoms with Crippen LogP contribution in [0.4, 0.5) is 4.39 Å². The Morgan fingerprint density at radius 2 is 2.17 bits per heavy atom. The zero-order valence-corrected chi connectivity index (χ0v) is 13.4. The van der Waals surface area contributed by atoms with Crippen LogP contribution >= 0.6 is 0 Å². The minimum Gasteiger partial charge on any atom is -0.475 e. The molecule has 4 heterocycles. The van der Waals surface area contributed by atoms with Crippen molar-refractivity contribution in [2.24, 2.45) is 5.92 Å². The Labute approximate surface area is 140 Å². The van der Waals surface area contributed by atoms with Crippen molar-refractivity contribution in [3.05, 3.63) is 54.2 Å². The van der Waals surface area contributed by atoms with Crippen LogP contribution in [0.25, 0.3) is 0 Å². The second-order valence-electron chi connectivity index (χ2n) is 6.51. The van der Waals surface area contributed by atoms with Crippen LogP contribution in [0.5, 0.6) is 5.88 Å². The summed E-state index contributed by atoms with van der Waals surface area (Å²) < 4.78 is 25.3. The van der Waals surface area contributed by atoms with Gasteiger partial charge in [-0.05, 0) is 30.2 Å². The van der Waals surface area contributed by atoms with Gasteiger partial charge in [0.2, 0.25) is 5.88 Å². The number of likely N-dealkylation sites (tertiary alicyclic amines) is 1. The second-order valence-corrected chi connectivity index (χ2v) is 6.51. The Balaban J connectivity index is 1.34. The maximum absolute atomic E-state index is 13.6. The van der Waals surface area contributed by atoms with Crippen molar-refractivity contribution >= 4 is 0 Å². The summed E-state index contributed by atoms with van der Waals surface area (Å²) in [6, 6.07) is 6.96.